The Morgan fingerprint density at radius 1 is 1.38 bits per heavy atom. The van der Waals surface area contributed by atoms with Gasteiger partial charge in [-0.05, 0) is 25.5 Å². The summed E-state index contributed by atoms with van der Waals surface area (Å²) in [4.78, 5) is 26.8. The molecule has 1 unspecified atom stereocenters. The van der Waals surface area contributed by atoms with E-state index in [4.69, 9.17) is 5.11 Å². The van der Waals surface area contributed by atoms with E-state index in [1.807, 2.05) is 26.0 Å². The molecule has 0 aromatic carbocycles. The molecule has 0 aromatic heterocycles. The van der Waals surface area contributed by atoms with E-state index in [1.54, 1.807) is 0 Å². The van der Waals surface area contributed by atoms with E-state index in [1.165, 1.54) is 0 Å². The fraction of sp³-hybridized carbons (Fsp3) is 0.250. The highest BCUT2D eigenvalue weighted by atomic mass is 16.4. The quantitative estimate of drug-likeness (QED) is 0.677. The first kappa shape index (κ1) is 10.5. The van der Waals surface area contributed by atoms with Gasteiger partial charge in [-0.15, -0.1) is 0 Å². The Morgan fingerprint density at radius 3 is 2.69 bits per heavy atom. The highest BCUT2D eigenvalue weighted by Gasteiger charge is 2.34. The number of ketones is 1. The normalized spacial score (nSPS) is 23.9. The van der Waals surface area contributed by atoms with Crippen LogP contribution in [0, 0.1) is 5.92 Å². The summed E-state index contributed by atoms with van der Waals surface area (Å²) in [7, 11) is 0. The molecule has 0 radical (unpaired) electrons. The molecule has 1 atom stereocenters. The largest absolute Gasteiger partial charge is 0.478 e. The smallest absolute Gasteiger partial charge is 0.340 e. The van der Waals surface area contributed by atoms with E-state index in [0.717, 1.165) is 17.3 Å². The average Bonchev–Trinajstić information content (AvgIpc) is 2.15. The topological polar surface area (TPSA) is 66.7 Å². The van der Waals surface area contributed by atoms with Gasteiger partial charge in [0.05, 0.1) is 11.6 Å². The minimum atomic E-state index is -1.22. The van der Waals surface area contributed by atoms with Crippen LogP contribution in [0.2, 0.25) is 0 Å². The third kappa shape index (κ3) is 1.52. The molecule has 16 heavy (non-hydrogen) atoms. The fourth-order valence-electron chi connectivity index (χ4n) is 2.01. The van der Waals surface area contributed by atoms with Gasteiger partial charge in [-0.1, -0.05) is 11.6 Å². The van der Waals surface area contributed by atoms with E-state index < -0.39 is 11.9 Å². The summed E-state index contributed by atoms with van der Waals surface area (Å²) in [6.07, 6.45) is 4.83. The van der Waals surface area contributed by atoms with Crippen molar-refractivity contribution in [3.05, 3.63) is 35.1 Å². The van der Waals surface area contributed by atoms with Gasteiger partial charge in [0.15, 0.2) is 5.78 Å². The van der Waals surface area contributed by atoms with Gasteiger partial charge in [-0.25, -0.2) is 4.79 Å². The van der Waals surface area contributed by atoms with Gasteiger partial charge in [0.25, 0.3) is 0 Å². The van der Waals surface area contributed by atoms with E-state index in [2.05, 4.69) is 4.99 Å². The van der Waals surface area contributed by atoms with Crippen LogP contribution in [0.1, 0.15) is 13.8 Å². The Morgan fingerprint density at radius 2 is 2.06 bits per heavy atom. The van der Waals surface area contributed by atoms with Gasteiger partial charge >= 0.3 is 5.97 Å². The second-order valence-electron chi connectivity index (χ2n) is 3.98. The van der Waals surface area contributed by atoms with E-state index in [-0.39, 0.29) is 11.4 Å². The summed E-state index contributed by atoms with van der Waals surface area (Å²) < 4.78 is 0. The number of hydrogen-bond acceptors (Lipinski definition) is 3. The molecule has 4 heteroatoms. The Hall–Kier alpha value is -1.97. The van der Waals surface area contributed by atoms with Crippen LogP contribution in [0.5, 0.6) is 0 Å². The molecular formula is C12H11NO3. The molecule has 0 fully saturated rings. The number of carboxylic acid groups (broad SMARTS) is 1. The predicted octanol–water partition coefficient (Wildman–Crippen LogP) is 1.50. The van der Waals surface area contributed by atoms with Crippen molar-refractivity contribution in [2.75, 3.05) is 0 Å². The summed E-state index contributed by atoms with van der Waals surface area (Å²) in [6, 6.07) is 0. The first-order valence-electron chi connectivity index (χ1n) is 4.92. The zero-order chi connectivity index (χ0) is 11.9. The molecule has 1 aliphatic heterocycles. The molecule has 4 nitrogen and oxygen atoms in total. The van der Waals surface area contributed by atoms with Crippen molar-refractivity contribution in [3.63, 3.8) is 0 Å². The van der Waals surface area contributed by atoms with Crippen LogP contribution in [-0.2, 0) is 9.59 Å². The molecule has 1 N–H and O–H groups in total. The molecule has 0 amide bonds. The van der Waals surface area contributed by atoms with Gasteiger partial charge in [0.1, 0.15) is 5.57 Å². The summed E-state index contributed by atoms with van der Waals surface area (Å²) in [5.74, 6) is -2.11. The lowest BCUT2D eigenvalue weighted by molar-refractivity contribution is -0.134. The Labute approximate surface area is 92.7 Å². The van der Waals surface area contributed by atoms with Crippen molar-refractivity contribution < 1.29 is 14.7 Å². The molecule has 0 saturated carbocycles. The summed E-state index contributed by atoms with van der Waals surface area (Å²) >= 11 is 0. The Balaban J connectivity index is 2.51. The number of aliphatic carboxylic acids is 1. The van der Waals surface area contributed by atoms with Gasteiger partial charge in [0, 0.05) is 6.20 Å². The molecule has 0 aromatic rings. The number of carbonyl (C=O) groups excluding carboxylic acids is 1. The van der Waals surface area contributed by atoms with E-state index >= 15 is 0 Å². The zero-order valence-corrected chi connectivity index (χ0v) is 9.02. The number of fused-ring (bicyclic) bond motifs is 1. The molecule has 2 rings (SSSR count). The summed E-state index contributed by atoms with van der Waals surface area (Å²) in [5, 5.41) is 8.84. The molecule has 1 heterocycles. The lowest BCUT2D eigenvalue weighted by Gasteiger charge is -2.23. The molecular weight excluding hydrogens is 206 g/mol. The molecule has 2 aliphatic rings. The van der Waals surface area contributed by atoms with Crippen molar-refractivity contribution in [1.29, 1.82) is 0 Å². The zero-order valence-electron chi connectivity index (χ0n) is 9.02. The molecule has 0 spiro atoms. The third-order valence-corrected chi connectivity index (χ3v) is 2.68. The Kier molecular flexibility index (Phi) is 2.34. The Bertz CT molecular complexity index is 506. The summed E-state index contributed by atoms with van der Waals surface area (Å²) in [6.45, 7) is 3.74. The highest BCUT2D eigenvalue weighted by molar-refractivity contribution is 6.28. The van der Waals surface area contributed by atoms with Crippen molar-refractivity contribution in [2.24, 2.45) is 10.9 Å². The predicted molar refractivity (Wildman–Crippen MR) is 59.2 cm³/mol. The van der Waals surface area contributed by atoms with Crippen LogP contribution in [-0.4, -0.2) is 22.6 Å². The standard InChI is InChI=1S/C12H11NO3/c1-6-3-7(2)10-9(4-6)13-5-8(11(10)14)12(15)16/h3-5,10H,1-2H3,(H,15,16). The highest BCUT2D eigenvalue weighted by Crippen LogP contribution is 2.28. The second-order valence-corrected chi connectivity index (χ2v) is 3.98. The van der Waals surface area contributed by atoms with Crippen LogP contribution >= 0.6 is 0 Å². The third-order valence-electron chi connectivity index (χ3n) is 2.68. The lowest BCUT2D eigenvalue weighted by atomic mass is 9.81. The summed E-state index contributed by atoms with van der Waals surface area (Å²) in [5.41, 5.74) is 2.25. The molecule has 0 saturated heterocycles. The minimum Gasteiger partial charge on any atom is -0.478 e. The van der Waals surface area contributed by atoms with E-state index in [9.17, 15) is 9.59 Å². The van der Waals surface area contributed by atoms with Crippen molar-refractivity contribution in [2.45, 2.75) is 13.8 Å². The average molecular weight is 217 g/mol. The van der Waals surface area contributed by atoms with Crippen LogP contribution in [0.3, 0.4) is 0 Å². The number of Topliss-reactive ketones (excluding diaryl/α,β-unsaturated/α-hetero) is 1. The maximum Gasteiger partial charge on any atom is 0.340 e. The first-order valence-corrected chi connectivity index (χ1v) is 4.92. The lowest BCUT2D eigenvalue weighted by Crippen LogP contribution is -2.32. The van der Waals surface area contributed by atoms with Crippen LogP contribution in [0.15, 0.2) is 40.1 Å². The minimum absolute atomic E-state index is 0.241. The van der Waals surface area contributed by atoms with Crippen molar-refractivity contribution in [1.82, 2.24) is 0 Å². The number of carboxylic acids is 1. The fourth-order valence-corrected chi connectivity index (χ4v) is 2.01. The van der Waals surface area contributed by atoms with Gasteiger partial charge in [-0.2, -0.15) is 0 Å². The number of aliphatic imine (C=N–C) groups is 1. The number of carbonyl (C=O) groups is 2. The van der Waals surface area contributed by atoms with Crippen LogP contribution < -0.4 is 0 Å². The maximum absolute atomic E-state index is 11.9. The molecule has 0 bridgehead atoms. The van der Waals surface area contributed by atoms with Crippen molar-refractivity contribution in [3.8, 4) is 0 Å². The van der Waals surface area contributed by atoms with Gasteiger partial charge in [-0.3, -0.25) is 9.79 Å². The number of rotatable bonds is 1. The number of allylic oxidation sites excluding steroid dienone is 4. The van der Waals surface area contributed by atoms with Gasteiger partial charge < -0.3 is 5.11 Å². The van der Waals surface area contributed by atoms with Crippen molar-refractivity contribution >= 4 is 17.5 Å². The van der Waals surface area contributed by atoms with Crippen LogP contribution in [0.4, 0.5) is 0 Å². The number of nitrogens with zero attached hydrogens (tertiary/aromatic N) is 1. The maximum atomic E-state index is 11.9. The van der Waals surface area contributed by atoms with Gasteiger partial charge in [0.2, 0.25) is 0 Å². The molecule has 82 valence electrons. The molecule has 1 aliphatic carbocycles. The second kappa shape index (κ2) is 3.56. The SMILES string of the molecule is CC1=CC2=NC=C(C(=O)O)C(=O)C2C(C)=C1. The van der Waals surface area contributed by atoms with Crippen LogP contribution in [0.25, 0.3) is 0 Å². The monoisotopic (exact) mass is 217 g/mol. The number of hydrogen-bond donors (Lipinski definition) is 1. The first-order chi connectivity index (χ1) is 7.50. The van der Waals surface area contributed by atoms with E-state index in [0.29, 0.717) is 5.71 Å².